The van der Waals surface area contributed by atoms with Crippen molar-refractivity contribution in [3.63, 3.8) is 0 Å². The van der Waals surface area contributed by atoms with Crippen LogP contribution in [0.4, 0.5) is 5.69 Å². The Morgan fingerprint density at radius 3 is 2.61 bits per heavy atom. The normalized spacial score (nSPS) is 16.1. The highest BCUT2D eigenvalue weighted by Crippen LogP contribution is 2.31. The van der Waals surface area contributed by atoms with Gasteiger partial charge in [0.2, 0.25) is 0 Å². The van der Waals surface area contributed by atoms with E-state index in [4.69, 9.17) is 4.74 Å². The number of hydrogen-bond donors (Lipinski definition) is 0. The van der Waals surface area contributed by atoms with Gasteiger partial charge in [0.05, 0.1) is 5.56 Å². The van der Waals surface area contributed by atoms with E-state index in [1.807, 2.05) is 50.2 Å². The van der Waals surface area contributed by atoms with Crippen molar-refractivity contribution in [2.75, 3.05) is 11.5 Å². The lowest BCUT2D eigenvalue weighted by Crippen LogP contribution is -2.38. The van der Waals surface area contributed by atoms with Gasteiger partial charge in [-0.25, -0.2) is 4.79 Å². The van der Waals surface area contributed by atoms with Crippen molar-refractivity contribution in [2.45, 2.75) is 26.3 Å². The largest absolute Gasteiger partial charge is 0.452 e. The first-order valence-electron chi connectivity index (χ1n) is 7.70. The van der Waals surface area contributed by atoms with Gasteiger partial charge in [0, 0.05) is 11.7 Å². The summed E-state index contributed by atoms with van der Waals surface area (Å²) in [6.07, 6.45) is 0.827. The maximum Gasteiger partial charge on any atom is 0.338 e. The number of rotatable bonds is 3. The van der Waals surface area contributed by atoms with Gasteiger partial charge >= 0.3 is 5.97 Å². The van der Waals surface area contributed by atoms with Crippen LogP contribution in [0.3, 0.4) is 0 Å². The molecule has 0 radical (unpaired) electrons. The number of esters is 1. The zero-order valence-corrected chi connectivity index (χ0v) is 13.3. The number of carbonyl (C=O) groups is 2. The van der Waals surface area contributed by atoms with E-state index in [-0.39, 0.29) is 18.6 Å². The monoisotopic (exact) mass is 309 g/mol. The first-order chi connectivity index (χ1) is 11.1. The van der Waals surface area contributed by atoms with Crippen molar-refractivity contribution in [2.24, 2.45) is 0 Å². The standard InChI is InChI=1S/C19H19NO3/c1-13-7-3-5-9-16(13)19(22)23-12-18(21)20-14(2)11-15-8-4-6-10-17(15)20/h3-10,14H,11-12H2,1-2H3. The summed E-state index contributed by atoms with van der Waals surface area (Å²) in [5, 5.41) is 0. The average molecular weight is 309 g/mol. The van der Waals surface area contributed by atoms with Gasteiger partial charge in [-0.3, -0.25) is 4.79 Å². The fourth-order valence-electron chi connectivity index (χ4n) is 3.02. The molecule has 1 unspecified atom stereocenters. The molecule has 0 aromatic heterocycles. The predicted octanol–water partition coefficient (Wildman–Crippen LogP) is 3.13. The number of carbonyl (C=O) groups excluding carboxylic acids is 2. The third kappa shape index (κ3) is 2.97. The SMILES string of the molecule is Cc1ccccc1C(=O)OCC(=O)N1c2ccccc2CC1C. The molecular weight excluding hydrogens is 290 g/mol. The summed E-state index contributed by atoms with van der Waals surface area (Å²) in [5.41, 5.74) is 3.40. The summed E-state index contributed by atoms with van der Waals surface area (Å²) in [7, 11) is 0. The van der Waals surface area contributed by atoms with Crippen LogP contribution in [0.15, 0.2) is 48.5 Å². The van der Waals surface area contributed by atoms with Crippen LogP contribution in [-0.2, 0) is 16.0 Å². The minimum Gasteiger partial charge on any atom is -0.452 e. The molecule has 0 fully saturated rings. The van der Waals surface area contributed by atoms with Gasteiger partial charge in [0.15, 0.2) is 6.61 Å². The molecule has 1 atom stereocenters. The fourth-order valence-corrected chi connectivity index (χ4v) is 3.02. The second-order valence-corrected chi connectivity index (χ2v) is 5.84. The van der Waals surface area contributed by atoms with Crippen LogP contribution < -0.4 is 4.90 Å². The number of ether oxygens (including phenoxy) is 1. The van der Waals surface area contributed by atoms with Crippen LogP contribution in [0.2, 0.25) is 0 Å². The van der Waals surface area contributed by atoms with Gasteiger partial charge in [-0.2, -0.15) is 0 Å². The second-order valence-electron chi connectivity index (χ2n) is 5.84. The molecule has 4 heteroatoms. The Labute approximate surface area is 135 Å². The van der Waals surface area contributed by atoms with Gasteiger partial charge in [0.1, 0.15) is 0 Å². The number of amides is 1. The minimum absolute atomic E-state index is 0.0806. The quantitative estimate of drug-likeness (QED) is 0.818. The lowest BCUT2D eigenvalue weighted by atomic mass is 10.1. The van der Waals surface area contributed by atoms with Gasteiger partial charge in [-0.05, 0) is 43.5 Å². The molecule has 2 aromatic rings. The molecule has 1 heterocycles. The van der Waals surface area contributed by atoms with E-state index >= 15 is 0 Å². The Hall–Kier alpha value is -2.62. The van der Waals surface area contributed by atoms with Crippen molar-refractivity contribution in [3.8, 4) is 0 Å². The number of fused-ring (bicyclic) bond motifs is 1. The van der Waals surface area contributed by atoms with Crippen LogP contribution in [0.5, 0.6) is 0 Å². The number of para-hydroxylation sites is 1. The van der Waals surface area contributed by atoms with E-state index in [2.05, 4.69) is 0 Å². The van der Waals surface area contributed by atoms with Gasteiger partial charge in [-0.15, -0.1) is 0 Å². The molecule has 0 saturated carbocycles. The Bertz CT molecular complexity index is 754. The predicted molar refractivity (Wildman–Crippen MR) is 88.6 cm³/mol. The molecule has 2 aromatic carbocycles. The topological polar surface area (TPSA) is 46.6 Å². The molecule has 0 aliphatic carbocycles. The molecule has 1 aliphatic rings. The Kier molecular flexibility index (Phi) is 4.15. The highest BCUT2D eigenvalue weighted by molar-refractivity contribution is 5.99. The van der Waals surface area contributed by atoms with Gasteiger partial charge in [-0.1, -0.05) is 36.4 Å². The molecule has 1 aliphatic heterocycles. The van der Waals surface area contributed by atoms with Crippen molar-refractivity contribution in [1.82, 2.24) is 0 Å². The molecule has 3 rings (SSSR count). The van der Waals surface area contributed by atoms with E-state index in [0.717, 1.165) is 23.2 Å². The molecule has 0 N–H and O–H groups in total. The van der Waals surface area contributed by atoms with Crippen LogP contribution in [0.1, 0.15) is 28.4 Å². The van der Waals surface area contributed by atoms with Crippen molar-refractivity contribution in [3.05, 3.63) is 65.2 Å². The van der Waals surface area contributed by atoms with Crippen molar-refractivity contribution >= 4 is 17.6 Å². The molecule has 0 bridgehead atoms. The first-order valence-corrected chi connectivity index (χ1v) is 7.70. The third-order valence-corrected chi connectivity index (χ3v) is 4.17. The maximum atomic E-state index is 12.5. The smallest absolute Gasteiger partial charge is 0.338 e. The second kappa shape index (κ2) is 6.24. The fraction of sp³-hybridized carbons (Fsp3) is 0.263. The van der Waals surface area contributed by atoms with Gasteiger partial charge < -0.3 is 9.64 Å². The van der Waals surface area contributed by atoms with E-state index < -0.39 is 5.97 Å². The summed E-state index contributed by atoms with van der Waals surface area (Å²) < 4.78 is 5.22. The Balaban J connectivity index is 1.69. The average Bonchev–Trinajstić information content (AvgIpc) is 2.88. The van der Waals surface area contributed by atoms with Crippen molar-refractivity contribution in [1.29, 1.82) is 0 Å². The Morgan fingerprint density at radius 2 is 1.83 bits per heavy atom. The highest BCUT2D eigenvalue weighted by atomic mass is 16.5. The minimum atomic E-state index is -0.461. The highest BCUT2D eigenvalue weighted by Gasteiger charge is 2.31. The number of anilines is 1. The number of benzene rings is 2. The summed E-state index contributed by atoms with van der Waals surface area (Å²) in [6, 6.07) is 15.1. The lowest BCUT2D eigenvalue weighted by Gasteiger charge is -2.22. The molecule has 118 valence electrons. The molecule has 0 spiro atoms. The zero-order valence-electron chi connectivity index (χ0n) is 13.3. The van der Waals surface area contributed by atoms with E-state index in [0.29, 0.717) is 5.56 Å². The lowest BCUT2D eigenvalue weighted by molar-refractivity contribution is -0.122. The summed E-state index contributed by atoms with van der Waals surface area (Å²) in [5.74, 6) is -0.652. The van der Waals surface area contributed by atoms with E-state index in [1.54, 1.807) is 17.0 Å². The van der Waals surface area contributed by atoms with Crippen LogP contribution in [-0.4, -0.2) is 24.5 Å². The van der Waals surface area contributed by atoms with Crippen LogP contribution in [0.25, 0.3) is 0 Å². The number of hydrogen-bond acceptors (Lipinski definition) is 3. The summed E-state index contributed by atoms with van der Waals surface area (Å²) >= 11 is 0. The van der Waals surface area contributed by atoms with Crippen molar-refractivity contribution < 1.29 is 14.3 Å². The Morgan fingerprint density at radius 1 is 1.13 bits per heavy atom. The van der Waals surface area contributed by atoms with Gasteiger partial charge in [0.25, 0.3) is 5.91 Å². The molecule has 0 saturated heterocycles. The van der Waals surface area contributed by atoms with E-state index in [1.165, 1.54) is 0 Å². The van der Waals surface area contributed by atoms with Crippen LogP contribution in [0, 0.1) is 6.92 Å². The molecule has 1 amide bonds. The molecule has 23 heavy (non-hydrogen) atoms. The number of nitrogens with zero attached hydrogens (tertiary/aromatic N) is 1. The summed E-state index contributed by atoms with van der Waals surface area (Å²) in [6.45, 7) is 3.60. The third-order valence-electron chi connectivity index (χ3n) is 4.17. The zero-order chi connectivity index (χ0) is 16.4. The maximum absolute atomic E-state index is 12.5. The number of aryl methyl sites for hydroxylation is 1. The first kappa shape index (κ1) is 15.3. The summed E-state index contributed by atoms with van der Waals surface area (Å²) in [4.78, 5) is 26.3. The molecule has 4 nitrogen and oxygen atoms in total. The molecular formula is C19H19NO3. The van der Waals surface area contributed by atoms with Crippen LogP contribution >= 0.6 is 0 Å². The van der Waals surface area contributed by atoms with E-state index in [9.17, 15) is 9.59 Å².